The Labute approximate surface area is 160 Å². The lowest BCUT2D eigenvalue weighted by molar-refractivity contribution is -0.398. The second kappa shape index (κ2) is 8.25. The van der Waals surface area contributed by atoms with Crippen LogP contribution in [0.3, 0.4) is 0 Å². The number of halogens is 1. The van der Waals surface area contributed by atoms with E-state index in [4.69, 9.17) is 11.6 Å². The van der Waals surface area contributed by atoms with Gasteiger partial charge in [-0.3, -0.25) is 10.1 Å². The van der Waals surface area contributed by atoms with Crippen molar-refractivity contribution < 1.29 is 10.0 Å². The van der Waals surface area contributed by atoms with Crippen LogP contribution in [0.2, 0.25) is 5.02 Å². The standard InChI is InChI=1S/C20H14ClN3O3/c21-17-11-16(20(25)18(12-17)24(26)27)13-22-23-19(14-7-3-1-4-8-14)15-9-5-2-6-10-15/h1-13,25H/p-1/b22-13-. The fourth-order valence-corrected chi connectivity index (χ4v) is 2.68. The van der Waals surface area contributed by atoms with Gasteiger partial charge in [-0.05, 0) is 17.4 Å². The van der Waals surface area contributed by atoms with Crippen molar-refractivity contribution in [1.29, 1.82) is 0 Å². The van der Waals surface area contributed by atoms with Gasteiger partial charge in [-0.1, -0.05) is 72.3 Å². The molecule has 27 heavy (non-hydrogen) atoms. The average molecular weight is 379 g/mol. The topological polar surface area (TPSA) is 90.9 Å². The molecule has 0 fully saturated rings. The molecule has 0 bridgehead atoms. The van der Waals surface area contributed by atoms with Gasteiger partial charge in [0.1, 0.15) is 5.71 Å². The van der Waals surface area contributed by atoms with Crippen LogP contribution < -0.4 is 5.11 Å². The summed E-state index contributed by atoms with van der Waals surface area (Å²) in [6.45, 7) is 0. The summed E-state index contributed by atoms with van der Waals surface area (Å²) in [5.74, 6) is -0.760. The second-order valence-electron chi connectivity index (χ2n) is 5.53. The highest BCUT2D eigenvalue weighted by Crippen LogP contribution is 2.30. The van der Waals surface area contributed by atoms with Gasteiger partial charge in [0.2, 0.25) is 0 Å². The first-order valence-electron chi connectivity index (χ1n) is 7.93. The number of nitro benzene ring substituents is 1. The van der Waals surface area contributed by atoms with Crippen molar-refractivity contribution in [1.82, 2.24) is 0 Å². The van der Waals surface area contributed by atoms with Crippen LogP contribution in [0.5, 0.6) is 5.75 Å². The third-order valence-corrected chi connectivity index (χ3v) is 3.93. The summed E-state index contributed by atoms with van der Waals surface area (Å²) in [5.41, 5.74) is 1.70. The molecule has 0 heterocycles. The van der Waals surface area contributed by atoms with Crippen molar-refractivity contribution in [2.45, 2.75) is 0 Å². The molecule has 0 N–H and O–H groups in total. The first-order chi connectivity index (χ1) is 13.1. The third-order valence-electron chi connectivity index (χ3n) is 3.71. The van der Waals surface area contributed by atoms with E-state index in [9.17, 15) is 15.2 Å². The number of hydrogen-bond donors (Lipinski definition) is 0. The zero-order chi connectivity index (χ0) is 19.2. The molecule has 6 nitrogen and oxygen atoms in total. The Bertz CT molecular complexity index is 978. The van der Waals surface area contributed by atoms with E-state index in [0.29, 0.717) is 5.71 Å². The smallest absolute Gasteiger partial charge is 0.263 e. The predicted molar refractivity (Wildman–Crippen MR) is 104 cm³/mol. The van der Waals surface area contributed by atoms with Gasteiger partial charge in [0.25, 0.3) is 5.69 Å². The van der Waals surface area contributed by atoms with E-state index in [0.717, 1.165) is 17.2 Å². The zero-order valence-corrected chi connectivity index (χ0v) is 14.7. The zero-order valence-electron chi connectivity index (χ0n) is 13.9. The van der Waals surface area contributed by atoms with Crippen molar-refractivity contribution in [3.8, 4) is 5.75 Å². The molecule has 0 unspecified atom stereocenters. The monoisotopic (exact) mass is 378 g/mol. The normalized spacial score (nSPS) is 10.7. The SMILES string of the molecule is O=[N+]([O-])c1cc(Cl)cc(/C=N\N=C(c2ccccc2)c2ccccc2)c1[O-]. The molecule has 3 aromatic carbocycles. The van der Waals surface area contributed by atoms with Crippen LogP contribution in [0.15, 0.2) is 83.0 Å². The minimum absolute atomic E-state index is 0.00146. The quantitative estimate of drug-likeness (QED) is 0.378. The van der Waals surface area contributed by atoms with Crippen LogP contribution >= 0.6 is 11.6 Å². The van der Waals surface area contributed by atoms with Crippen LogP contribution in [-0.2, 0) is 0 Å². The van der Waals surface area contributed by atoms with Gasteiger partial charge in [0.05, 0.1) is 11.1 Å². The highest BCUT2D eigenvalue weighted by molar-refractivity contribution is 6.31. The molecule has 7 heteroatoms. The third kappa shape index (κ3) is 4.37. The maximum atomic E-state index is 12.1. The lowest BCUT2D eigenvalue weighted by Gasteiger charge is -2.10. The molecule has 0 saturated heterocycles. The van der Waals surface area contributed by atoms with Crippen LogP contribution in [-0.4, -0.2) is 16.8 Å². The molecule has 134 valence electrons. The molecule has 3 rings (SSSR count). The Morgan fingerprint density at radius 2 is 1.52 bits per heavy atom. The van der Waals surface area contributed by atoms with Crippen molar-refractivity contribution in [3.63, 3.8) is 0 Å². The lowest BCUT2D eigenvalue weighted by atomic mass is 10.0. The van der Waals surface area contributed by atoms with Gasteiger partial charge < -0.3 is 5.11 Å². The molecule has 0 spiro atoms. The van der Waals surface area contributed by atoms with Crippen LogP contribution in [0.1, 0.15) is 16.7 Å². The van der Waals surface area contributed by atoms with Gasteiger partial charge in [-0.2, -0.15) is 5.10 Å². The van der Waals surface area contributed by atoms with Gasteiger partial charge in [-0.15, -0.1) is 5.10 Å². The summed E-state index contributed by atoms with van der Waals surface area (Å²) in [4.78, 5) is 10.2. The molecule has 0 amide bonds. The first kappa shape index (κ1) is 18.3. The molecule has 0 aromatic heterocycles. The molecular formula is C20H13ClN3O3-. The summed E-state index contributed by atoms with van der Waals surface area (Å²) in [7, 11) is 0. The Hall–Kier alpha value is -3.51. The molecule has 3 aromatic rings. The highest BCUT2D eigenvalue weighted by atomic mass is 35.5. The van der Waals surface area contributed by atoms with Gasteiger partial charge in [0.15, 0.2) is 0 Å². The Balaban J connectivity index is 2.02. The summed E-state index contributed by atoms with van der Waals surface area (Å²) in [6.07, 6.45) is 1.17. The number of hydrogen-bond acceptors (Lipinski definition) is 5. The summed E-state index contributed by atoms with van der Waals surface area (Å²) >= 11 is 5.86. The minimum Gasteiger partial charge on any atom is -0.867 e. The molecule has 0 atom stereocenters. The van der Waals surface area contributed by atoms with Crippen molar-refractivity contribution in [2.24, 2.45) is 10.2 Å². The fraction of sp³-hybridized carbons (Fsp3) is 0. The van der Waals surface area contributed by atoms with Crippen molar-refractivity contribution >= 4 is 29.2 Å². The largest absolute Gasteiger partial charge is 0.867 e. The number of nitro groups is 1. The fourth-order valence-electron chi connectivity index (χ4n) is 2.45. The lowest BCUT2D eigenvalue weighted by Crippen LogP contribution is -2.03. The number of benzene rings is 3. The number of rotatable bonds is 5. The average Bonchev–Trinajstić information content (AvgIpc) is 2.68. The van der Waals surface area contributed by atoms with E-state index < -0.39 is 16.4 Å². The minimum atomic E-state index is -0.770. The first-order valence-corrected chi connectivity index (χ1v) is 8.31. The maximum Gasteiger partial charge on any atom is 0.263 e. The van der Waals surface area contributed by atoms with Gasteiger partial charge in [0, 0.05) is 22.2 Å². The van der Waals surface area contributed by atoms with Crippen molar-refractivity contribution in [2.75, 3.05) is 0 Å². The van der Waals surface area contributed by atoms with Gasteiger partial charge in [-0.25, -0.2) is 0 Å². The number of nitrogens with zero attached hydrogens (tertiary/aromatic N) is 3. The van der Waals surface area contributed by atoms with E-state index in [2.05, 4.69) is 10.2 Å². The Kier molecular flexibility index (Phi) is 5.58. The highest BCUT2D eigenvalue weighted by Gasteiger charge is 2.11. The molecule has 0 saturated carbocycles. The molecule has 0 aliphatic rings. The van der Waals surface area contributed by atoms with Crippen LogP contribution in [0, 0.1) is 10.1 Å². The van der Waals surface area contributed by atoms with E-state index in [-0.39, 0.29) is 10.6 Å². The molecule has 0 aliphatic heterocycles. The second-order valence-corrected chi connectivity index (χ2v) is 5.96. The maximum absolute atomic E-state index is 12.1. The van der Waals surface area contributed by atoms with E-state index in [1.807, 2.05) is 60.7 Å². The van der Waals surface area contributed by atoms with Gasteiger partial charge >= 0.3 is 0 Å². The van der Waals surface area contributed by atoms with Crippen molar-refractivity contribution in [3.05, 3.63) is 105 Å². The molecular weight excluding hydrogens is 366 g/mol. The Morgan fingerprint density at radius 1 is 0.963 bits per heavy atom. The summed E-state index contributed by atoms with van der Waals surface area (Å²) in [6, 6.07) is 21.2. The van der Waals surface area contributed by atoms with Crippen LogP contribution in [0.4, 0.5) is 5.69 Å². The predicted octanol–water partition coefficient (Wildman–Crippen LogP) is 4.19. The van der Waals surface area contributed by atoms with E-state index in [1.165, 1.54) is 12.3 Å². The molecule has 0 radical (unpaired) electrons. The molecule has 0 aliphatic carbocycles. The summed E-state index contributed by atoms with van der Waals surface area (Å²) < 4.78 is 0. The van der Waals surface area contributed by atoms with Crippen LogP contribution in [0.25, 0.3) is 0 Å². The summed E-state index contributed by atoms with van der Waals surface area (Å²) in [5, 5.41) is 31.4. The Morgan fingerprint density at radius 3 is 2.04 bits per heavy atom. The van der Waals surface area contributed by atoms with E-state index >= 15 is 0 Å². The van der Waals surface area contributed by atoms with E-state index in [1.54, 1.807) is 0 Å².